The lowest BCUT2D eigenvalue weighted by atomic mass is 10.2. The molecule has 0 aliphatic rings. The Morgan fingerprint density at radius 2 is 2.00 bits per heavy atom. The van der Waals surface area contributed by atoms with Crippen molar-refractivity contribution < 1.29 is 15.0 Å². The second kappa shape index (κ2) is 7.27. The normalized spacial score (nSPS) is 12.2. The van der Waals surface area contributed by atoms with Crippen LogP contribution in [0.25, 0.3) is 0 Å². The fraction of sp³-hybridized carbons (Fsp3) is 0.417. The number of alkyl halides is 1. The minimum atomic E-state index is -0.939. The number of amides is 1. The van der Waals surface area contributed by atoms with Crippen LogP contribution in [-0.2, 0) is 11.3 Å². The maximum Gasteiger partial charge on any atom is 0.237 e. The average Bonchev–Trinajstić information content (AvgIpc) is 2.38. The molecule has 0 bridgehead atoms. The molecule has 0 unspecified atom stereocenters. The third-order valence-electron chi connectivity index (χ3n) is 2.33. The van der Waals surface area contributed by atoms with Crippen molar-refractivity contribution in [2.24, 2.45) is 0 Å². The second-order valence-corrected chi connectivity index (χ2v) is 4.00. The van der Waals surface area contributed by atoms with E-state index in [-0.39, 0.29) is 24.9 Å². The number of aliphatic hydroxyl groups is 2. The van der Waals surface area contributed by atoms with Crippen LogP contribution in [0, 0.1) is 0 Å². The molecule has 1 amide bonds. The molecule has 0 aliphatic carbocycles. The molecule has 0 aliphatic heterocycles. The lowest BCUT2D eigenvalue weighted by molar-refractivity contribution is -0.130. The standard InChI is InChI=1S/C12H16ClNO3/c13-6-12(17)14(8-11(16)9-15)7-10-4-2-1-3-5-10/h1-5,11,15-16H,6-9H2/t11-/m0/s1. The summed E-state index contributed by atoms with van der Waals surface area (Å²) in [4.78, 5) is 13.0. The van der Waals surface area contributed by atoms with Gasteiger partial charge in [-0.15, -0.1) is 11.6 Å². The number of rotatable bonds is 6. The highest BCUT2D eigenvalue weighted by molar-refractivity contribution is 6.27. The monoisotopic (exact) mass is 257 g/mol. The zero-order chi connectivity index (χ0) is 12.7. The first-order valence-corrected chi connectivity index (χ1v) is 5.87. The molecule has 1 aromatic carbocycles. The van der Waals surface area contributed by atoms with Crippen molar-refractivity contribution in [1.29, 1.82) is 0 Å². The van der Waals surface area contributed by atoms with Gasteiger partial charge in [-0.25, -0.2) is 0 Å². The van der Waals surface area contributed by atoms with Crippen LogP contribution in [0.2, 0.25) is 0 Å². The molecule has 0 heterocycles. The number of carbonyl (C=O) groups is 1. The van der Waals surface area contributed by atoms with Crippen LogP contribution in [0.5, 0.6) is 0 Å². The molecule has 0 aromatic heterocycles. The third-order valence-corrected chi connectivity index (χ3v) is 2.55. The van der Waals surface area contributed by atoms with Crippen LogP contribution in [0.4, 0.5) is 0 Å². The van der Waals surface area contributed by atoms with Crippen LogP contribution in [0.15, 0.2) is 30.3 Å². The second-order valence-electron chi connectivity index (χ2n) is 3.73. The Labute approximate surface area is 105 Å². The number of nitrogens with zero attached hydrogens (tertiary/aromatic N) is 1. The molecular formula is C12H16ClNO3. The van der Waals surface area contributed by atoms with Crippen molar-refractivity contribution in [3.05, 3.63) is 35.9 Å². The summed E-state index contributed by atoms with van der Waals surface area (Å²) in [7, 11) is 0. The molecule has 1 rings (SSSR count). The summed E-state index contributed by atoms with van der Waals surface area (Å²) >= 11 is 5.50. The molecule has 5 heteroatoms. The van der Waals surface area contributed by atoms with Gasteiger partial charge in [0.25, 0.3) is 0 Å². The molecule has 4 nitrogen and oxygen atoms in total. The van der Waals surface area contributed by atoms with Gasteiger partial charge in [0.1, 0.15) is 5.88 Å². The van der Waals surface area contributed by atoms with E-state index < -0.39 is 6.10 Å². The van der Waals surface area contributed by atoms with Crippen molar-refractivity contribution in [2.45, 2.75) is 12.6 Å². The minimum absolute atomic E-state index is 0.0803. The van der Waals surface area contributed by atoms with Gasteiger partial charge >= 0.3 is 0 Å². The van der Waals surface area contributed by atoms with Gasteiger partial charge in [-0.2, -0.15) is 0 Å². The van der Waals surface area contributed by atoms with Gasteiger partial charge in [-0.1, -0.05) is 30.3 Å². The lowest BCUT2D eigenvalue weighted by Gasteiger charge is -2.24. The molecular weight excluding hydrogens is 242 g/mol. The van der Waals surface area contributed by atoms with Crippen molar-refractivity contribution in [3.63, 3.8) is 0 Å². The fourth-order valence-corrected chi connectivity index (χ4v) is 1.62. The Hall–Kier alpha value is -1.10. The quantitative estimate of drug-likeness (QED) is 0.734. The molecule has 17 heavy (non-hydrogen) atoms. The maximum absolute atomic E-state index is 11.6. The SMILES string of the molecule is O=C(CCl)N(Cc1ccccc1)C[C@H](O)CO. The Balaban J connectivity index is 2.67. The van der Waals surface area contributed by atoms with Crippen molar-refractivity contribution in [2.75, 3.05) is 19.0 Å². The van der Waals surface area contributed by atoms with E-state index in [1.807, 2.05) is 30.3 Å². The average molecular weight is 258 g/mol. The van der Waals surface area contributed by atoms with Crippen LogP contribution in [0.3, 0.4) is 0 Å². The highest BCUT2D eigenvalue weighted by Crippen LogP contribution is 2.06. The van der Waals surface area contributed by atoms with Gasteiger partial charge in [0, 0.05) is 13.1 Å². The van der Waals surface area contributed by atoms with Crippen molar-refractivity contribution in [1.82, 2.24) is 4.90 Å². The molecule has 94 valence electrons. The van der Waals surface area contributed by atoms with Crippen LogP contribution in [-0.4, -0.2) is 46.2 Å². The summed E-state index contributed by atoms with van der Waals surface area (Å²) in [5.74, 6) is -0.395. The highest BCUT2D eigenvalue weighted by atomic mass is 35.5. The number of carbonyl (C=O) groups excluding carboxylic acids is 1. The lowest BCUT2D eigenvalue weighted by Crippen LogP contribution is -2.39. The van der Waals surface area contributed by atoms with E-state index in [9.17, 15) is 9.90 Å². The summed E-state index contributed by atoms with van der Waals surface area (Å²) < 4.78 is 0. The number of hydrogen-bond donors (Lipinski definition) is 2. The number of aliphatic hydroxyl groups excluding tert-OH is 2. The summed E-state index contributed by atoms with van der Waals surface area (Å²) in [6.45, 7) is 0.0846. The molecule has 0 radical (unpaired) electrons. The molecule has 0 saturated heterocycles. The maximum atomic E-state index is 11.6. The number of hydrogen-bond acceptors (Lipinski definition) is 3. The van der Waals surface area contributed by atoms with Gasteiger partial charge < -0.3 is 15.1 Å². The van der Waals surface area contributed by atoms with E-state index in [0.717, 1.165) is 5.56 Å². The molecule has 0 spiro atoms. The van der Waals surface area contributed by atoms with E-state index >= 15 is 0 Å². The smallest absolute Gasteiger partial charge is 0.237 e. The van der Waals surface area contributed by atoms with E-state index in [1.54, 1.807) is 0 Å². The van der Waals surface area contributed by atoms with Gasteiger partial charge in [0.2, 0.25) is 5.91 Å². The molecule has 0 fully saturated rings. The van der Waals surface area contributed by atoms with E-state index in [0.29, 0.717) is 6.54 Å². The highest BCUT2D eigenvalue weighted by Gasteiger charge is 2.16. The van der Waals surface area contributed by atoms with Crippen molar-refractivity contribution >= 4 is 17.5 Å². The first-order valence-electron chi connectivity index (χ1n) is 5.34. The zero-order valence-corrected chi connectivity index (χ0v) is 10.2. The molecule has 0 saturated carbocycles. The third kappa shape index (κ3) is 4.73. The first-order chi connectivity index (χ1) is 8.17. The largest absolute Gasteiger partial charge is 0.394 e. The zero-order valence-electron chi connectivity index (χ0n) is 9.42. The summed E-state index contributed by atoms with van der Waals surface area (Å²) in [5, 5.41) is 18.1. The topological polar surface area (TPSA) is 60.8 Å². The Morgan fingerprint density at radius 3 is 2.53 bits per heavy atom. The summed E-state index contributed by atoms with van der Waals surface area (Å²) in [6.07, 6.45) is -0.939. The first kappa shape index (κ1) is 14.0. The predicted octanol–water partition coefficient (Wildman–Crippen LogP) is 0.607. The van der Waals surface area contributed by atoms with Crippen LogP contribution < -0.4 is 0 Å². The number of halogens is 1. The van der Waals surface area contributed by atoms with Crippen LogP contribution >= 0.6 is 11.6 Å². The molecule has 1 aromatic rings. The number of benzene rings is 1. The molecule has 1 atom stereocenters. The van der Waals surface area contributed by atoms with E-state index in [4.69, 9.17) is 16.7 Å². The van der Waals surface area contributed by atoms with Crippen molar-refractivity contribution in [3.8, 4) is 0 Å². The fourth-order valence-electron chi connectivity index (χ4n) is 1.45. The van der Waals surface area contributed by atoms with Gasteiger partial charge in [0.05, 0.1) is 12.7 Å². The van der Waals surface area contributed by atoms with Gasteiger partial charge in [0.15, 0.2) is 0 Å². The van der Waals surface area contributed by atoms with E-state index in [2.05, 4.69) is 0 Å². The Kier molecular flexibility index (Phi) is 5.97. The summed E-state index contributed by atoms with van der Waals surface area (Å²) in [6, 6.07) is 9.42. The van der Waals surface area contributed by atoms with Gasteiger partial charge in [-0.05, 0) is 5.56 Å². The van der Waals surface area contributed by atoms with E-state index in [1.165, 1.54) is 4.90 Å². The van der Waals surface area contributed by atoms with Gasteiger partial charge in [-0.3, -0.25) is 4.79 Å². The predicted molar refractivity (Wildman–Crippen MR) is 65.7 cm³/mol. The minimum Gasteiger partial charge on any atom is -0.394 e. The van der Waals surface area contributed by atoms with Crippen LogP contribution in [0.1, 0.15) is 5.56 Å². The summed E-state index contributed by atoms with van der Waals surface area (Å²) in [5.41, 5.74) is 0.955. The molecule has 2 N–H and O–H groups in total. The Morgan fingerprint density at radius 1 is 1.35 bits per heavy atom. The Bertz CT molecular complexity index is 345.